The van der Waals surface area contributed by atoms with Crippen molar-refractivity contribution >= 4 is 52.8 Å². The van der Waals surface area contributed by atoms with E-state index >= 15 is 0 Å². The van der Waals surface area contributed by atoms with E-state index in [0.717, 1.165) is 24.8 Å². The quantitative estimate of drug-likeness (QED) is 0.0994. The van der Waals surface area contributed by atoms with Crippen molar-refractivity contribution in [1.82, 2.24) is 25.6 Å². The number of hydrogen-bond acceptors (Lipinski definition) is 10. The van der Waals surface area contributed by atoms with Gasteiger partial charge in [0.1, 0.15) is 6.04 Å². The summed E-state index contributed by atoms with van der Waals surface area (Å²) in [6.45, 7) is 2.96. The van der Waals surface area contributed by atoms with Crippen LogP contribution in [0.15, 0.2) is 48.5 Å². The number of carboxylic acid groups (broad SMARTS) is 1. The van der Waals surface area contributed by atoms with Crippen LogP contribution in [-0.4, -0.2) is 69.0 Å². The lowest BCUT2D eigenvalue weighted by Crippen LogP contribution is -2.42. The van der Waals surface area contributed by atoms with Gasteiger partial charge in [0, 0.05) is 29.2 Å². The summed E-state index contributed by atoms with van der Waals surface area (Å²) in [5.41, 5.74) is 0.945. The molecule has 2 saturated carbocycles. The lowest BCUT2D eigenvalue weighted by molar-refractivity contribution is -0.154. The van der Waals surface area contributed by atoms with E-state index in [1.807, 2.05) is 12.1 Å². The number of nitrogens with one attached hydrogen (secondary N) is 4. The molecule has 3 aromatic rings. The number of halogens is 4. The number of aromatic nitrogens is 3. The number of nitrogens with zero attached hydrogens (tertiary/aromatic N) is 3. The molecular weight excluding hydrogens is 707 g/mol. The maximum atomic E-state index is 12.9. The third-order valence-corrected chi connectivity index (χ3v) is 9.93. The Kier molecular flexibility index (Phi) is 11.6. The van der Waals surface area contributed by atoms with Gasteiger partial charge in [-0.25, -0.2) is 4.79 Å². The maximum absolute atomic E-state index is 12.9. The first kappa shape index (κ1) is 38.2. The predicted octanol–water partition coefficient (Wildman–Crippen LogP) is 5.79. The van der Waals surface area contributed by atoms with Gasteiger partial charge in [-0.3, -0.25) is 14.4 Å². The average molecular weight is 746 g/mol. The van der Waals surface area contributed by atoms with Crippen molar-refractivity contribution in [3.8, 4) is 6.01 Å². The topological polar surface area (TPSA) is 185 Å². The Morgan fingerprint density at radius 3 is 2.21 bits per heavy atom. The van der Waals surface area contributed by atoms with Gasteiger partial charge in [-0.1, -0.05) is 50.4 Å². The van der Waals surface area contributed by atoms with E-state index in [-0.39, 0.29) is 35.7 Å². The van der Waals surface area contributed by atoms with Crippen LogP contribution < -0.4 is 26.0 Å². The van der Waals surface area contributed by atoms with Crippen molar-refractivity contribution in [3.05, 3.63) is 64.7 Å². The number of benzene rings is 2. The summed E-state index contributed by atoms with van der Waals surface area (Å²) in [4.78, 5) is 61.8. The fourth-order valence-corrected chi connectivity index (χ4v) is 6.27. The molecule has 1 aromatic heterocycles. The van der Waals surface area contributed by atoms with Crippen LogP contribution in [0.2, 0.25) is 5.02 Å². The number of Topliss-reactive ketones (excluding diaryl/α,β-unsaturated/α-hetero) is 1. The van der Waals surface area contributed by atoms with Crippen molar-refractivity contribution in [2.24, 2.45) is 11.3 Å². The lowest BCUT2D eigenvalue weighted by atomic mass is 9.97. The van der Waals surface area contributed by atoms with E-state index in [0.29, 0.717) is 36.0 Å². The van der Waals surface area contributed by atoms with E-state index in [9.17, 15) is 37.5 Å². The smallest absolute Gasteiger partial charge is 0.422 e. The van der Waals surface area contributed by atoms with E-state index in [4.69, 9.17) is 16.3 Å². The molecule has 1 heterocycles. The number of ether oxygens (including phenoxy) is 1. The number of carboxylic acids is 1. The Bertz CT molecular complexity index is 1780. The van der Waals surface area contributed by atoms with Gasteiger partial charge in [0.25, 0.3) is 11.8 Å². The third-order valence-electron chi connectivity index (χ3n) is 9.67. The van der Waals surface area contributed by atoms with Crippen molar-refractivity contribution in [3.63, 3.8) is 0 Å². The normalized spacial score (nSPS) is 17.3. The van der Waals surface area contributed by atoms with Gasteiger partial charge in [0.05, 0.1) is 5.54 Å². The van der Waals surface area contributed by atoms with Crippen LogP contribution in [0.25, 0.3) is 0 Å². The molecule has 2 aromatic carbocycles. The van der Waals surface area contributed by atoms with E-state index in [2.05, 4.69) is 50.1 Å². The summed E-state index contributed by atoms with van der Waals surface area (Å²) in [6.07, 6.45) is -0.917. The highest BCUT2D eigenvalue weighted by Gasteiger charge is 2.50. The molecule has 52 heavy (non-hydrogen) atoms. The number of carbonyl (C=O) groups excluding carboxylic acids is 3. The van der Waals surface area contributed by atoms with E-state index < -0.39 is 53.9 Å². The van der Waals surface area contributed by atoms with Crippen LogP contribution in [0.3, 0.4) is 0 Å². The molecule has 2 aliphatic carbocycles. The number of rotatable bonds is 18. The number of anilines is 3. The van der Waals surface area contributed by atoms with Gasteiger partial charge in [0.2, 0.25) is 17.7 Å². The molecule has 2 atom stereocenters. The number of ketones is 1. The summed E-state index contributed by atoms with van der Waals surface area (Å²) in [7, 11) is 0. The first-order valence-corrected chi connectivity index (χ1v) is 17.2. The maximum Gasteiger partial charge on any atom is 0.422 e. The molecule has 2 fully saturated rings. The fourth-order valence-electron chi connectivity index (χ4n) is 6.15. The van der Waals surface area contributed by atoms with Crippen LogP contribution in [-0.2, 0) is 19.9 Å². The molecule has 1 unspecified atom stereocenters. The molecule has 0 spiro atoms. The number of aliphatic carboxylic acids is 1. The highest BCUT2D eigenvalue weighted by atomic mass is 35.5. The van der Waals surface area contributed by atoms with Crippen molar-refractivity contribution in [2.45, 2.75) is 76.6 Å². The third kappa shape index (κ3) is 9.86. The zero-order chi connectivity index (χ0) is 37.7. The van der Waals surface area contributed by atoms with Gasteiger partial charge in [-0.2, -0.15) is 28.1 Å². The largest absolute Gasteiger partial charge is 0.480 e. The summed E-state index contributed by atoms with van der Waals surface area (Å²) < 4.78 is 43.6. The second-order valence-corrected chi connectivity index (χ2v) is 13.5. The Hall–Kier alpha value is -4.99. The summed E-state index contributed by atoms with van der Waals surface area (Å²) in [6, 6.07) is 10.8. The lowest BCUT2D eigenvalue weighted by Gasteiger charge is -2.19. The van der Waals surface area contributed by atoms with Crippen LogP contribution in [0.5, 0.6) is 6.01 Å². The first-order valence-electron chi connectivity index (χ1n) is 16.9. The number of hydrogen-bond donors (Lipinski definition) is 5. The molecule has 278 valence electrons. The minimum absolute atomic E-state index is 0.0354. The molecule has 5 rings (SSSR count). The van der Waals surface area contributed by atoms with Gasteiger partial charge in [-0.05, 0) is 79.0 Å². The monoisotopic (exact) mass is 745 g/mol. The second kappa shape index (κ2) is 15.7. The van der Waals surface area contributed by atoms with Crippen LogP contribution in [0.1, 0.15) is 74.7 Å². The van der Waals surface area contributed by atoms with Crippen molar-refractivity contribution in [2.75, 3.05) is 23.8 Å². The molecule has 0 bridgehead atoms. The van der Waals surface area contributed by atoms with Gasteiger partial charge >= 0.3 is 18.2 Å². The predicted molar refractivity (Wildman–Crippen MR) is 184 cm³/mol. The fraction of sp³-hybridized carbons (Fsp3) is 0.457. The Morgan fingerprint density at radius 2 is 1.63 bits per heavy atom. The molecule has 2 aliphatic rings. The summed E-state index contributed by atoms with van der Waals surface area (Å²) >= 11 is 6.02. The highest BCUT2D eigenvalue weighted by molar-refractivity contribution is 6.36. The van der Waals surface area contributed by atoms with Crippen LogP contribution in [0, 0.1) is 11.3 Å². The highest BCUT2D eigenvalue weighted by Crippen LogP contribution is 2.57. The Balaban J connectivity index is 1.19. The molecule has 0 radical (unpaired) electrons. The number of amides is 2. The van der Waals surface area contributed by atoms with Gasteiger partial charge in [0.15, 0.2) is 6.61 Å². The van der Waals surface area contributed by atoms with Crippen molar-refractivity contribution in [1.29, 1.82) is 0 Å². The minimum Gasteiger partial charge on any atom is -0.480 e. The van der Waals surface area contributed by atoms with Gasteiger partial charge in [-0.15, -0.1) is 0 Å². The Morgan fingerprint density at radius 1 is 0.981 bits per heavy atom. The number of carbonyl (C=O) groups is 4. The van der Waals surface area contributed by atoms with Crippen LogP contribution >= 0.6 is 11.6 Å². The molecule has 0 aliphatic heterocycles. The second-order valence-electron chi connectivity index (χ2n) is 13.1. The number of alkyl halides is 3. The van der Waals surface area contributed by atoms with Gasteiger partial charge < -0.3 is 31.1 Å². The summed E-state index contributed by atoms with van der Waals surface area (Å²) in [5, 5.41) is 21.3. The molecular formula is C35H39ClF3N7O6. The molecule has 2 amide bonds. The molecule has 17 heteroatoms. The van der Waals surface area contributed by atoms with E-state index in [1.54, 1.807) is 12.1 Å². The van der Waals surface area contributed by atoms with Crippen LogP contribution in [0.4, 0.5) is 30.8 Å². The molecule has 5 N–H and O–H groups in total. The average Bonchev–Trinajstić information content (AvgIpc) is 4.04. The zero-order valence-electron chi connectivity index (χ0n) is 28.5. The minimum atomic E-state index is -4.64. The standard InChI is InChI=1S/C35H39ClF3N7O6/c1-3-33(4-2)17-22(33)18-40-28(49)26(47)14-13-25(29(50)51)42-27(48)20-5-11-24(12-6-20)41-30-43-31(45-32(44-30)52-19-35(37,38)39)46-34(15-16-34)21-7-9-23(36)10-8-21/h5-12,22,25H,3-4,13-19H2,1-2H3,(H,40,49)(H,42,48)(H,50,51)(H2,41,43,44,45,46)/t22?,25-/m0/s1. The SMILES string of the molecule is CCC1(CC)CC1CNC(=O)C(=O)CC[C@H](NC(=O)c1ccc(Nc2nc(NC3(c4ccc(Cl)cc4)CC3)nc(OCC(F)(F)F)n2)cc1)C(=O)O. The zero-order valence-corrected chi connectivity index (χ0v) is 29.2. The summed E-state index contributed by atoms with van der Waals surface area (Å²) in [5.74, 6) is -3.53. The molecule has 0 saturated heterocycles. The van der Waals surface area contributed by atoms with E-state index in [1.165, 1.54) is 24.3 Å². The Labute approximate surface area is 302 Å². The van der Waals surface area contributed by atoms with Crippen molar-refractivity contribution < 1.29 is 42.2 Å². The molecule has 13 nitrogen and oxygen atoms in total. The first-order chi connectivity index (χ1) is 24.6.